The maximum absolute atomic E-state index is 9.75. The van der Waals surface area contributed by atoms with Gasteiger partial charge in [-0.05, 0) is 35.4 Å². The zero-order valence-electron chi connectivity index (χ0n) is 15.1. The summed E-state index contributed by atoms with van der Waals surface area (Å²) in [6, 6.07) is 22.1. The van der Waals surface area contributed by atoms with Crippen molar-refractivity contribution in [2.45, 2.75) is 6.42 Å². The van der Waals surface area contributed by atoms with Crippen LogP contribution in [0.2, 0.25) is 0 Å². The standard InChI is InChI=1S/C22H15N5O/c1-28-18-9-7-15(8-10-18)19-11-21(16(12-23)13-24)27(22(26)20(19)14-25)17-5-3-2-4-6-17/h2-10,26H,11H2,1H3. The molecule has 1 N–H and O–H groups in total. The number of rotatable bonds is 3. The average Bonchev–Trinajstić information content (AvgIpc) is 2.75. The minimum absolute atomic E-state index is 0.0660. The van der Waals surface area contributed by atoms with Gasteiger partial charge in [-0.2, -0.15) is 15.8 Å². The average molecular weight is 365 g/mol. The van der Waals surface area contributed by atoms with Crippen molar-refractivity contribution in [3.63, 3.8) is 0 Å². The summed E-state index contributed by atoms with van der Waals surface area (Å²) in [5, 5.41) is 37.3. The van der Waals surface area contributed by atoms with Gasteiger partial charge in [-0.15, -0.1) is 0 Å². The molecule has 3 rings (SSSR count). The van der Waals surface area contributed by atoms with E-state index >= 15 is 0 Å². The predicted octanol–water partition coefficient (Wildman–Crippen LogP) is 4.16. The van der Waals surface area contributed by atoms with Crippen LogP contribution in [-0.4, -0.2) is 12.9 Å². The van der Waals surface area contributed by atoms with Gasteiger partial charge < -0.3 is 4.74 Å². The summed E-state index contributed by atoms with van der Waals surface area (Å²) in [6.45, 7) is 0. The third-order valence-corrected chi connectivity index (χ3v) is 4.45. The Morgan fingerprint density at radius 2 is 1.64 bits per heavy atom. The van der Waals surface area contributed by atoms with Crippen molar-refractivity contribution in [2.75, 3.05) is 12.0 Å². The van der Waals surface area contributed by atoms with Crippen LogP contribution < -0.4 is 9.64 Å². The quantitative estimate of drug-likeness (QED) is 0.822. The van der Waals surface area contributed by atoms with E-state index in [0.717, 1.165) is 5.56 Å². The van der Waals surface area contributed by atoms with E-state index in [4.69, 9.17) is 10.1 Å². The maximum atomic E-state index is 9.75. The zero-order chi connectivity index (χ0) is 20.1. The topological polar surface area (TPSA) is 108 Å². The number of allylic oxidation sites excluding steroid dienone is 2. The van der Waals surface area contributed by atoms with E-state index in [1.807, 2.05) is 18.2 Å². The first-order valence-corrected chi connectivity index (χ1v) is 8.39. The first-order chi connectivity index (χ1) is 13.6. The molecular weight excluding hydrogens is 350 g/mol. The summed E-state index contributed by atoms with van der Waals surface area (Å²) in [6.07, 6.45) is 0.183. The fraction of sp³-hybridized carbons (Fsp3) is 0.0909. The van der Waals surface area contributed by atoms with Crippen LogP contribution in [0.3, 0.4) is 0 Å². The molecule has 0 unspecified atom stereocenters. The summed E-state index contributed by atoms with van der Waals surface area (Å²) in [5.74, 6) is 0.605. The number of anilines is 1. The first-order valence-electron chi connectivity index (χ1n) is 8.39. The van der Waals surface area contributed by atoms with E-state index in [2.05, 4.69) is 6.07 Å². The number of para-hydroxylation sites is 1. The highest BCUT2D eigenvalue weighted by atomic mass is 16.5. The molecule has 2 aromatic carbocycles. The van der Waals surface area contributed by atoms with Crippen molar-refractivity contribution >= 4 is 17.1 Å². The molecule has 6 nitrogen and oxygen atoms in total. The largest absolute Gasteiger partial charge is 0.497 e. The van der Waals surface area contributed by atoms with Crippen LogP contribution in [0.25, 0.3) is 5.57 Å². The fourth-order valence-corrected chi connectivity index (χ4v) is 3.10. The Morgan fingerprint density at radius 3 is 2.18 bits per heavy atom. The second-order valence-electron chi connectivity index (χ2n) is 5.94. The molecule has 134 valence electrons. The van der Waals surface area contributed by atoms with Crippen molar-refractivity contribution in [3.05, 3.63) is 77.0 Å². The number of nitriles is 3. The molecule has 0 atom stereocenters. The lowest BCUT2D eigenvalue weighted by molar-refractivity contribution is 0.415. The van der Waals surface area contributed by atoms with E-state index in [1.165, 1.54) is 4.90 Å². The molecular formula is C22H15N5O. The molecule has 0 amide bonds. The van der Waals surface area contributed by atoms with E-state index in [9.17, 15) is 15.8 Å². The molecule has 1 aliphatic heterocycles. The minimum Gasteiger partial charge on any atom is -0.497 e. The predicted molar refractivity (Wildman–Crippen MR) is 105 cm³/mol. The Hall–Kier alpha value is -4.34. The van der Waals surface area contributed by atoms with Crippen molar-refractivity contribution in [2.24, 2.45) is 0 Å². The Morgan fingerprint density at radius 1 is 1.00 bits per heavy atom. The summed E-state index contributed by atoms with van der Waals surface area (Å²) in [7, 11) is 1.57. The zero-order valence-corrected chi connectivity index (χ0v) is 15.1. The molecule has 1 aliphatic rings. The number of methoxy groups -OCH3 is 1. The van der Waals surface area contributed by atoms with Gasteiger partial charge in [-0.25, -0.2) is 0 Å². The van der Waals surface area contributed by atoms with Crippen molar-refractivity contribution in [3.8, 4) is 24.0 Å². The first kappa shape index (κ1) is 18.5. The molecule has 0 saturated heterocycles. The van der Waals surface area contributed by atoms with Crippen LogP contribution >= 0.6 is 0 Å². The van der Waals surface area contributed by atoms with Crippen molar-refractivity contribution in [1.82, 2.24) is 0 Å². The van der Waals surface area contributed by atoms with Gasteiger partial charge in [0, 0.05) is 12.1 Å². The van der Waals surface area contributed by atoms with Gasteiger partial charge in [-0.1, -0.05) is 30.3 Å². The maximum Gasteiger partial charge on any atom is 0.149 e. The fourth-order valence-electron chi connectivity index (χ4n) is 3.10. The molecule has 0 spiro atoms. The molecule has 28 heavy (non-hydrogen) atoms. The SMILES string of the molecule is COc1ccc(C2=C(C#N)C(=N)N(c3ccccc3)C(=C(C#N)C#N)C2)cc1. The van der Waals surface area contributed by atoms with Gasteiger partial charge in [0.15, 0.2) is 0 Å². The Labute approximate surface area is 162 Å². The molecule has 0 aromatic heterocycles. The number of ether oxygens (including phenoxy) is 1. The van der Waals surface area contributed by atoms with E-state index < -0.39 is 0 Å². The molecule has 0 radical (unpaired) electrons. The minimum atomic E-state index is -0.0865. The smallest absolute Gasteiger partial charge is 0.149 e. The molecule has 0 saturated carbocycles. The van der Waals surface area contributed by atoms with Crippen LogP contribution in [0.5, 0.6) is 5.75 Å². The summed E-state index contributed by atoms with van der Waals surface area (Å²) in [5.41, 5.74) is 2.45. The number of nitrogens with one attached hydrogen (secondary N) is 1. The number of nitrogens with zero attached hydrogens (tertiary/aromatic N) is 4. The summed E-state index contributed by atoms with van der Waals surface area (Å²) in [4.78, 5) is 1.49. The lowest BCUT2D eigenvalue weighted by atomic mass is 9.89. The Bertz CT molecular complexity index is 1090. The van der Waals surface area contributed by atoms with Gasteiger partial charge in [-0.3, -0.25) is 10.3 Å². The highest BCUT2D eigenvalue weighted by molar-refractivity contribution is 6.19. The number of hydrogen-bond donors (Lipinski definition) is 1. The van der Waals surface area contributed by atoms with Crippen molar-refractivity contribution < 1.29 is 4.74 Å². The second-order valence-corrected chi connectivity index (χ2v) is 5.94. The Kier molecular flexibility index (Phi) is 5.21. The van der Waals surface area contributed by atoms with Gasteiger partial charge >= 0.3 is 0 Å². The van der Waals surface area contributed by atoms with Crippen LogP contribution in [-0.2, 0) is 0 Å². The van der Waals surface area contributed by atoms with Gasteiger partial charge in [0.1, 0.15) is 35.4 Å². The van der Waals surface area contributed by atoms with Crippen LogP contribution in [0.4, 0.5) is 5.69 Å². The summed E-state index contributed by atoms with van der Waals surface area (Å²) >= 11 is 0. The molecule has 2 aromatic rings. The monoisotopic (exact) mass is 365 g/mol. The Balaban J connectivity index is 2.24. The summed E-state index contributed by atoms with van der Waals surface area (Å²) < 4.78 is 5.17. The van der Waals surface area contributed by atoms with E-state index in [0.29, 0.717) is 22.7 Å². The second kappa shape index (κ2) is 7.91. The van der Waals surface area contributed by atoms with E-state index in [-0.39, 0.29) is 23.4 Å². The van der Waals surface area contributed by atoms with Crippen LogP contribution in [0, 0.1) is 39.4 Å². The van der Waals surface area contributed by atoms with Gasteiger partial charge in [0.05, 0.1) is 18.4 Å². The number of amidine groups is 1. The van der Waals surface area contributed by atoms with Crippen LogP contribution in [0.15, 0.2) is 71.4 Å². The third kappa shape index (κ3) is 3.21. The molecule has 0 aliphatic carbocycles. The van der Waals surface area contributed by atoms with Gasteiger partial charge in [0.25, 0.3) is 0 Å². The molecule has 0 fully saturated rings. The lowest BCUT2D eigenvalue weighted by Crippen LogP contribution is -2.35. The van der Waals surface area contributed by atoms with E-state index in [1.54, 1.807) is 55.6 Å². The normalized spacial score (nSPS) is 13.4. The highest BCUT2D eigenvalue weighted by Crippen LogP contribution is 2.38. The highest BCUT2D eigenvalue weighted by Gasteiger charge is 2.32. The number of hydrogen-bond acceptors (Lipinski definition) is 5. The van der Waals surface area contributed by atoms with Gasteiger partial charge in [0.2, 0.25) is 0 Å². The molecule has 0 bridgehead atoms. The third-order valence-electron chi connectivity index (χ3n) is 4.45. The molecule has 6 heteroatoms. The van der Waals surface area contributed by atoms with Crippen LogP contribution in [0.1, 0.15) is 12.0 Å². The van der Waals surface area contributed by atoms with Crippen molar-refractivity contribution in [1.29, 1.82) is 21.2 Å². The number of benzene rings is 2. The molecule has 1 heterocycles. The lowest BCUT2D eigenvalue weighted by Gasteiger charge is -2.33.